The van der Waals surface area contributed by atoms with E-state index in [1.54, 1.807) is 17.5 Å². The lowest BCUT2D eigenvalue weighted by molar-refractivity contribution is 0.486. The predicted octanol–water partition coefficient (Wildman–Crippen LogP) is 3.77. The Morgan fingerprint density at radius 3 is 2.94 bits per heavy atom. The Balaban J connectivity index is 2.00. The molecular formula is C13H18ClN3S. The minimum atomic E-state index is 0.408. The molecule has 0 fully saturated rings. The molecule has 0 radical (unpaired) electrons. The van der Waals surface area contributed by atoms with Crippen molar-refractivity contribution in [3.05, 3.63) is 39.6 Å². The molecule has 0 aromatic carbocycles. The van der Waals surface area contributed by atoms with Gasteiger partial charge in [-0.05, 0) is 17.9 Å². The molecule has 1 unspecified atom stereocenters. The fourth-order valence-electron chi connectivity index (χ4n) is 1.93. The molecule has 3 nitrogen and oxygen atoms in total. The fourth-order valence-corrected chi connectivity index (χ4v) is 2.91. The summed E-state index contributed by atoms with van der Waals surface area (Å²) in [5, 5.41) is 6.36. The second kappa shape index (κ2) is 6.36. The standard InChI is InChI=1S/C13H18ClN3S/c1-3-5-10(11-6-4-7-18-11)15-9-13-16-8-12(14)17(13)2/h4,6-8,10,15H,3,5,9H2,1-2H3. The van der Waals surface area contributed by atoms with E-state index in [-0.39, 0.29) is 0 Å². The van der Waals surface area contributed by atoms with Gasteiger partial charge in [0, 0.05) is 18.0 Å². The Morgan fingerprint density at radius 2 is 2.39 bits per heavy atom. The molecule has 18 heavy (non-hydrogen) atoms. The summed E-state index contributed by atoms with van der Waals surface area (Å²) in [6.07, 6.45) is 3.99. The van der Waals surface area contributed by atoms with E-state index in [0.29, 0.717) is 11.2 Å². The summed E-state index contributed by atoms with van der Waals surface area (Å²) < 4.78 is 1.91. The topological polar surface area (TPSA) is 29.9 Å². The first kappa shape index (κ1) is 13.6. The number of halogens is 1. The third-order valence-electron chi connectivity index (χ3n) is 3.00. The second-order valence-corrected chi connectivity index (χ2v) is 5.66. The van der Waals surface area contributed by atoms with Crippen LogP contribution in [-0.2, 0) is 13.6 Å². The maximum Gasteiger partial charge on any atom is 0.128 e. The zero-order valence-electron chi connectivity index (χ0n) is 10.7. The molecule has 1 N–H and O–H groups in total. The van der Waals surface area contributed by atoms with Crippen LogP contribution in [-0.4, -0.2) is 9.55 Å². The van der Waals surface area contributed by atoms with Gasteiger partial charge in [-0.2, -0.15) is 0 Å². The lowest BCUT2D eigenvalue weighted by Crippen LogP contribution is -2.21. The quantitative estimate of drug-likeness (QED) is 0.875. The van der Waals surface area contributed by atoms with E-state index in [1.807, 2.05) is 11.6 Å². The molecule has 5 heteroatoms. The van der Waals surface area contributed by atoms with Gasteiger partial charge in [-0.25, -0.2) is 4.98 Å². The van der Waals surface area contributed by atoms with Gasteiger partial charge >= 0.3 is 0 Å². The number of thiophene rings is 1. The Hall–Kier alpha value is -0.840. The minimum Gasteiger partial charge on any atom is -0.321 e. The average Bonchev–Trinajstić information content (AvgIpc) is 2.98. The summed E-state index contributed by atoms with van der Waals surface area (Å²) in [4.78, 5) is 5.69. The molecule has 2 heterocycles. The number of hydrogen-bond donors (Lipinski definition) is 1. The first-order valence-corrected chi connectivity index (χ1v) is 7.41. The summed E-state index contributed by atoms with van der Waals surface area (Å²) in [5.74, 6) is 0.970. The van der Waals surface area contributed by atoms with Gasteiger partial charge in [-0.15, -0.1) is 11.3 Å². The lowest BCUT2D eigenvalue weighted by atomic mass is 10.1. The highest BCUT2D eigenvalue weighted by atomic mass is 35.5. The van der Waals surface area contributed by atoms with E-state index in [1.165, 1.54) is 4.88 Å². The van der Waals surface area contributed by atoms with Crippen LogP contribution in [0.2, 0.25) is 5.15 Å². The van der Waals surface area contributed by atoms with Gasteiger partial charge in [0.05, 0.1) is 12.7 Å². The number of aromatic nitrogens is 2. The van der Waals surface area contributed by atoms with Gasteiger partial charge in [-0.3, -0.25) is 0 Å². The van der Waals surface area contributed by atoms with Crippen LogP contribution in [0.15, 0.2) is 23.7 Å². The average molecular weight is 284 g/mol. The monoisotopic (exact) mass is 283 g/mol. The molecule has 0 bridgehead atoms. The predicted molar refractivity (Wildman–Crippen MR) is 77.0 cm³/mol. The summed E-state index contributed by atoms with van der Waals surface area (Å²) in [5.41, 5.74) is 0. The van der Waals surface area contributed by atoms with Crippen LogP contribution in [0.3, 0.4) is 0 Å². The number of nitrogens with one attached hydrogen (secondary N) is 1. The van der Waals surface area contributed by atoms with Crippen molar-refractivity contribution in [1.82, 2.24) is 14.9 Å². The molecule has 0 amide bonds. The summed E-state index contributed by atoms with van der Waals surface area (Å²) in [6, 6.07) is 4.69. The van der Waals surface area contributed by atoms with Crippen molar-refractivity contribution in [2.75, 3.05) is 0 Å². The largest absolute Gasteiger partial charge is 0.321 e. The molecule has 0 spiro atoms. The van der Waals surface area contributed by atoms with E-state index in [0.717, 1.165) is 25.2 Å². The summed E-state index contributed by atoms with van der Waals surface area (Å²) in [6.45, 7) is 2.95. The zero-order valence-corrected chi connectivity index (χ0v) is 12.3. The molecule has 0 aliphatic rings. The van der Waals surface area contributed by atoms with Crippen LogP contribution < -0.4 is 5.32 Å². The van der Waals surface area contributed by atoms with Crippen LogP contribution in [0.1, 0.15) is 36.5 Å². The van der Waals surface area contributed by atoms with Crippen LogP contribution in [0.5, 0.6) is 0 Å². The van der Waals surface area contributed by atoms with Crippen molar-refractivity contribution in [3.8, 4) is 0 Å². The van der Waals surface area contributed by atoms with Crippen molar-refractivity contribution in [1.29, 1.82) is 0 Å². The molecule has 0 aliphatic heterocycles. The van der Waals surface area contributed by atoms with E-state index < -0.39 is 0 Å². The van der Waals surface area contributed by atoms with Gasteiger partial charge in [0.2, 0.25) is 0 Å². The molecule has 0 aliphatic carbocycles. The van der Waals surface area contributed by atoms with Crippen LogP contribution >= 0.6 is 22.9 Å². The molecule has 1 atom stereocenters. The van der Waals surface area contributed by atoms with Gasteiger partial charge in [0.1, 0.15) is 11.0 Å². The van der Waals surface area contributed by atoms with E-state index in [4.69, 9.17) is 11.6 Å². The Bertz CT molecular complexity index is 478. The Morgan fingerprint density at radius 1 is 1.56 bits per heavy atom. The normalized spacial score (nSPS) is 12.8. The molecule has 98 valence electrons. The number of imidazole rings is 1. The number of rotatable bonds is 6. The van der Waals surface area contributed by atoms with Crippen molar-refractivity contribution < 1.29 is 0 Å². The van der Waals surface area contributed by atoms with Gasteiger partial charge in [0.15, 0.2) is 0 Å². The molecular weight excluding hydrogens is 266 g/mol. The first-order chi connectivity index (χ1) is 8.72. The molecule has 0 saturated heterocycles. The highest BCUT2D eigenvalue weighted by Crippen LogP contribution is 2.23. The van der Waals surface area contributed by atoms with E-state index >= 15 is 0 Å². The summed E-state index contributed by atoms with van der Waals surface area (Å²) >= 11 is 7.78. The second-order valence-electron chi connectivity index (χ2n) is 4.29. The van der Waals surface area contributed by atoms with E-state index in [2.05, 4.69) is 34.7 Å². The van der Waals surface area contributed by atoms with Crippen molar-refractivity contribution in [2.24, 2.45) is 7.05 Å². The minimum absolute atomic E-state index is 0.408. The van der Waals surface area contributed by atoms with Crippen molar-refractivity contribution in [2.45, 2.75) is 32.4 Å². The third kappa shape index (κ3) is 3.13. The molecule has 2 aromatic heterocycles. The maximum atomic E-state index is 5.98. The SMILES string of the molecule is CCCC(NCc1ncc(Cl)n1C)c1cccs1. The maximum absolute atomic E-state index is 5.98. The van der Waals surface area contributed by atoms with Crippen molar-refractivity contribution >= 4 is 22.9 Å². The van der Waals surface area contributed by atoms with Crippen molar-refractivity contribution in [3.63, 3.8) is 0 Å². The van der Waals surface area contributed by atoms with Gasteiger partial charge in [-0.1, -0.05) is 31.0 Å². The molecule has 0 saturated carbocycles. The Kier molecular flexibility index (Phi) is 4.80. The first-order valence-electron chi connectivity index (χ1n) is 6.15. The highest BCUT2D eigenvalue weighted by molar-refractivity contribution is 7.10. The zero-order chi connectivity index (χ0) is 13.0. The summed E-state index contributed by atoms with van der Waals surface area (Å²) in [7, 11) is 1.94. The van der Waals surface area contributed by atoms with Gasteiger partial charge in [0.25, 0.3) is 0 Å². The van der Waals surface area contributed by atoms with E-state index in [9.17, 15) is 0 Å². The van der Waals surface area contributed by atoms with Gasteiger partial charge < -0.3 is 9.88 Å². The Labute approximate surface area is 117 Å². The third-order valence-corrected chi connectivity index (χ3v) is 4.34. The smallest absolute Gasteiger partial charge is 0.128 e. The lowest BCUT2D eigenvalue weighted by Gasteiger charge is -2.16. The van der Waals surface area contributed by atoms with Crippen LogP contribution in [0, 0.1) is 0 Å². The molecule has 2 rings (SSSR count). The number of hydrogen-bond acceptors (Lipinski definition) is 3. The highest BCUT2D eigenvalue weighted by Gasteiger charge is 2.12. The fraction of sp³-hybridized carbons (Fsp3) is 0.462. The number of nitrogens with zero attached hydrogens (tertiary/aromatic N) is 2. The van der Waals surface area contributed by atoms with Crippen LogP contribution in [0.25, 0.3) is 0 Å². The molecule has 2 aromatic rings. The van der Waals surface area contributed by atoms with Crippen LogP contribution in [0.4, 0.5) is 0 Å².